The number of nitrogens with zero attached hydrogens (tertiary/aromatic N) is 3. The summed E-state index contributed by atoms with van der Waals surface area (Å²) < 4.78 is 25.1. The highest BCUT2D eigenvalue weighted by molar-refractivity contribution is 7.89. The van der Waals surface area contributed by atoms with E-state index in [1.807, 2.05) is 7.05 Å². The molecule has 0 aliphatic rings. The molecule has 20 heavy (non-hydrogen) atoms. The van der Waals surface area contributed by atoms with Crippen molar-refractivity contribution in [2.75, 3.05) is 45.7 Å². The topological polar surface area (TPSA) is 65.5 Å². The minimum absolute atomic E-state index is 0.219. The molecule has 1 heterocycles. The van der Waals surface area contributed by atoms with Crippen molar-refractivity contribution in [3.8, 4) is 0 Å². The van der Waals surface area contributed by atoms with E-state index >= 15 is 0 Å². The van der Waals surface area contributed by atoms with E-state index in [4.69, 9.17) is 0 Å². The minimum Gasteiger partial charge on any atom is -0.355 e. The summed E-state index contributed by atoms with van der Waals surface area (Å²) >= 11 is 0. The Morgan fingerprint density at radius 2 is 1.95 bits per heavy atom. The van der Waals surface area contributed by atoms with Crippen molar-refractivity contribution < 1.29 is 8.42 Å². The van der Waals surface area contributed by atoms with Crippen LogP contribution in [0.25, 0.3) is 0 Å². The molecule has 0 saturated carbocycles. The van der Waals surface area contributed by atoms with Crippen molar-refractivity contribution in [2.45, 2.75) is 18.2 Å². The van der Waals surface area contributed by atoms with Gasteiger partial charge in [0.25, 0.3) is 0 Å². The van der Waals surface area contributed by atoms with Crippen LogP contribution in [0.1, 0.15) is 13.3 Å². The molecule has 0 aliphatic heterocycles. The molecule has 0 atom stereocenters. The lowest BCUT2D eigenvalue weighted by atomic mass is 10.3. The number of hydrogen-bond donors (Lipinski definition) is 1. The Balaban J connectivity index is 2.93. The Morgan fingerprint density at radius 3 is 2.40 bits per heavy atom. The first-order chi connectivity index (χ1) is 9.43. The number of pyridine rings is 1. The van der Waals surface area contributed by atoms with Gasteiger partial charge in [-0.15, -0.1) is 0 Å². The van der Waals surface area contributed by atoms with Crippen molar-refractivity contribution in [2.24, 2.45) is 0 Å². The number of hydrogen-bond acceptors (Lipinski definition) is 5. The third-order valence-electron chi connectivity index (χ3n) is 2.95. The Labute approximate surface area is 121 Å². The molecule has 1 N–H and O–H groups in total. The molecule has 0 fully saturated rings. The summed E-state index contributed by atoms with van der Waals surface area (Å²) in [6, 6.07) is 3.38. The van der Waals surface area contributed by atoms with Crippen LogP contribution in [0.3, 0.4) is 0 Å². The average Bonchev–Trinajstić information content (AvgIpc) is 2.43. The van der Waals surface area contributed by atoms with Crippen molar-refractivity contribution in [1.29, 1.82) is 0 Å². The molecule has 0 aromatic carbocycles. The van der Waals surface area contributed by atoms with E-state index in [0.717, 1.165) is 31.9 Å². The highest BCUT2D eigenvalue weighted by Crippen LogP contribution is 2.16. The quantitative estimate of drug-likeness (QED) is 0.768. The maximum atomic E-state index is 12.0. The standard InChI is InChI=1S/C13H24N4O2S/c1-5-9-17(10-8-14-2)13-7-6-12(11-15-13)20(18,19)16(3)4/h6-7,11,14H,5,8-10H2,1-4H3. The van der Waals surface area contributed by atoms with Crippen molar-refractivity contribution in [3.05, 3.63) is 18.3 Å². The van der Waals surface area contributed by atoms with Crippen LogP contribution in [-0.2, 0) is 10.0 Å². The predicted octanol–water partition coefficient (Wildman–Crippen LogP) is 0.768. The van der Waals surface area contributed by atoms with Crippen LogP contribution in [0.5, 0.6) is 0 Å². The molecular formula is C13H24N4O2S. The summed E-state index contributed by atoms with van der Waals surface area (Å²) in [7, 11) is 1.53. The molecule has 7 heteroatoms. The first-order valence-corrected chi connectivity index (χ1v) is 8.15. The van der Waals surface area contributed by atoms with Gasteiger partial charge < -0.3 is 10.2 Å². The highest BCUT2D eigenvalue weighted by Gasteiger charge is 2.18. The number of likely N-dealkylation sites (N-methyl/N-ethyl adjacent to an activating group) is 1. The van der Waals surface area contributed by atoms with E-state index < -0.39 is 10.0 Å². The van der Waals surface area contributed by atoms with Crippen molar-refractivity contribution >= 4 is 15.8 Å². The molecule has 6 nitrogen and oxygen atoms in total. The summed E-state index contributed by atoms with van der Waals surface area (Å²) in [6.07, 6.45) is 2.44. The van der Waals surface area contributed by atoms with Gasteiger partial charge in [0.2, 0.25) is 10.0 Å². The Bertz CT molecular complexity index is 500. The lowest BCUT2D eigenvalue weighted by Gasteiger charge is -2.23. The zero-order valence-corrected chi connectivity index (χ0v) is 13.4. The minimum atomic E-state index is -3.41. The summed E-state index contributed by atoms with van der Waals surface area (Å²) in [5.74, 6) is 0.805. The summed E-state index contributed by atoms with van der Waals surface area (Å²) in [5, 5.41) is 3.10. The fourth-order valence-corrected chi connectivity index (χ4v) is 2.63. The second-order valence-electron chi connectivity index (χ2n) is 4.73. The van der Waals surface area contributed by atoms with Gasteiger partial charge in [-0.2, -0.15) is 0 Å². The van der Waals surface area contributed by atoms with E-state index in [1.165, 1.54) is 24.6 Å². The fraction of sp³-hybridized carbons (Fsp3) is 0.615. The summed E-state index contributed by atoms with van der Waals surface area (Å²) in [5.41, 5.74) is 0. The first kappa shape index (κ1) is 16.9. The molecule has 0 unspecified atom stereocenters. The molecule has 1 rings (SSSR count). The van der Waals surface area contributed by atoms with Crippen LogP contribution in [0, 0.1) is 0 Å². The van der Waals surface area contributed by atoms with Gasteiger partial charge in [0, 0.05) is 39.9 Å². The maximum absolute atomic E-state index is 12.0. The zero-order valence-electron chi connectivity index (χ0n) is 12.6. The second kappa shape index (κ2) is 7.56. The smallest absolute Gasteiger partial charge is 0.244 e. The SMILES string of the molecule is CCCN(CCNC)c1ccc(S(=O)(=O)N(C)C)cn1. The second-order valence-corrected chi connectivity index (χ2v) is 6.88. The van der Waals surface area contributed by atoms with Gasteiger partial charge in [-0.25, -0.2) is 17.7 Å². The Morgan fingerprint density at radius 1 is 1.25 bits per heavy atom. The van der Waals surface area contributed by atoms with Gasteiger partial charge in [0.05, 0.1) is 0 Å². The lowest BCUT2D eigenvalue weighted by molar-refractivity contribution is 0.520. The summed E-state index contributed by atoms with van der Waals surface area (Å²) in [4.78, 5) is 6.65. The fourth-order valence-electron chi connectivity index (χ4n) is 1.78. The van der Waals surface area contributed by atoms with Gasteiger partial charge in [-0.1, -0.05) is 6.92 Å². The van der Waals surface area contributed by atoms with Crippen LogP contribution in [-0.4, -0.2) is 58.5 Å². The van der Waals surface area contributed by atoms with Gasteiger partial charge >= 0.3 is 0 Å². The maximum Gasteiger partial charge on any atom is 0.244 e. The van der Waals surface area contributed by atoms with Gasteiger partial charge in [0.15, 0.2) is 0 Å². The number of nitrogens with one attached hydrogen (secondary N) is 1. The van der Waals surface area contributed by atoms with Crippen LogP contribution in [0.2, 0.25) is 0 Å². The van der Waals surface area contributed by atoms with E-state index in [2.05, 4.69) is 22.1 Å². The lowest BCUT2D eigenvalue weighted by Crippen LogP contribution is -2.32. The number of aromatic nitrogens is 1. The highest BCUT2D eigenvalue weighted by atomic mass is 32.2. The molecule has 0 radical (unpaired) electrons. The first-order valence-electron chi connectivity index (χ1n) is 6.71. The number of sulfonamides is 1. The number of anilines is 1. The van der Waals surface area contributed by atoms with E-state index in [-0.39, 0.29) is 4.90 Å². The van der Waals surface area contributed by atoms with E-state index in [1.54, 1.807) is 12.1 Å². The van der Waals surface area contributed by atoms with Crippen molar-refractivity contribution in [3.63, 3.8) is 0 Å². The third-order valence-corrected chi connectivity index (χ3v) is 4.75. The van der Waals surface area contributed by atoms with E-state index in [9.17, 15) is 8.42 Å². The molecule has 1 aromatic rings. The molecule has 0 bridgehead atoms. The van der Waals surface area contributed by atoms with Crippen LogP contribution < -0.4 is 10.2 Å². The van der Waals surface area contributed by atoms with Crippen LogP contribution in [0.15, 0.2) is 23.2 Å². The largest absolute Gasteiger partial charge is 0.355 e. The van der Waals surface area contributed by atoms with Crippen LogP contribution in [0.4, 0.5) is 5.82 Å². The Kier molecular flexibility index (Phi) is 6.38. The Hall–Kier alpha value is -1.18. The molecular weight excluding hydrogens is 276 g/mol. The van der Waals surface area contributed by atoms with Gasteiger partial charge in [-0.3, -0.25) is 0 Å². The molecule has 0 saturated heterocycles. The zero-order chi connectivity index (χ0) is 15.2. The molecule has 0 amide bonds. The summed E-state index contributed by atoms with van der Waals surface area (Å²) in [6.45, 7) is 4.71. The van der Waals surface area contributed by atoms with Crippen LogP contribution >= 0.6 is 0 Å². The molecule has 0 spiro atoms. The van der Waals surface area contributed by atoms with Crippen molar-refractivity contribution in [1.82, 2.24) is 14.6 Å². The predicted molar refractivity (Wildman–Crippen MR) is 81.5 cm³/mol. The molecule has 114 valence electrons. The normalized spacial score (nSPS) is 11.8. The van der Waals surface area contributed by atoms with Gasteiger partial charge in [-0.05, 0) is 25.6 Å². The molecule has 1 aromatic heterocycles. The monoisotopic (exact) mass is 300 g/mol. The van der Waals surface area contributed by atoms with Gasteiger partial charge in [0.1, 0.15) is 10.7 Å². The third kappa shape index (κ3) is 4.16. The average molecular weight is 300 g/mol. The molecule has 0 aliphatic carbocycles. The van der Waals surface area contributed by atoms with E-state index in [0.29, 0.717) is 0 Å². The number of rotatable bonds is 8.